The van der Waals surface area contributed by atoms with Gasteiger partial charge in [-0.05, 0) is 42.4 Å². The van der Waals surface area contributed by atoms with Crippen LogP contribution in [0.4, 0.5) is 0 Å². The molecule has 2 rings (SSSR count). The van der Waals surface area contributed by atoms with Crippen LogP contribution < -0.4 is 0 Å². The SMILES string of the molecule is CC[C@@]1(O)C(C)(C)[C@@H]2CC[C@@]1(C)C2. The Morgan fingerprint density at radius 3 is 2.23 bits per heavy atom. The second kappa shape index (κ2) is 2.31. The Morgan fingerprint density at radius 1 is 1.31 bits per heavy atom. The monoisotopic (exact) mass is 182 g/mol. The molecule has 0 aliphatic heterocycles. The molecule has 1 heteroatoms. The van der Waals surface area contributed by atoms with Crippen LogP contribution in [-0.2, 0) is 0 Å². The van der Waals surface area contributed by atoms with Gasteiger partial charge < -0.3 is 5.11 Å². The van der Waals surface area contributed by atoms with Gasteiger partial charge in [-0.25, -0.2) is 0 Å². The second-order valence-electron chi connectivity index (χ2n) is 5.94. The molecule has 2 bridgehead atoms. The summed E-state index contributed by atoms with van der Waals surface area (Å²) in [5, 5.41) is 10.8. The molecule has 2 saturated carbocycles. The zero-order chi connectivity index (χ0) is 9.91. The summed E-state index contributed by atoms with van der Waals surface area (Å²) in [4.78, 5) is 0. The number of fused-ring (bicyclic) bond motifs is 2. The summed E-state index contributed by atoms with van der Waals surface area (Å²) in [5.41, 5.74) is -0.0758. The fourth-order valence-corrected chi connectivity index (χ4v) is 4.23. The van der Waals surface area contributed by atoms with Gasteiger partial charge in [-0.3, -0.25) is 0 Å². The van der Waals surface area contributed by atoms with Crippen molar-refractivity contribution in [2.45, 2.75) is 59.0 Å². The maximum atomic E-state index is 10.8. The Balaban J connectivity index is 2.45. The van der Waals surface area contributed by atoms with Gasteiger partial charge in [0.05, 0.1) is 5.60 Å². The van der Waals surface area contributed by atoms with Gasteiger partial charge >= 0.3 is 0 Å². The molecule has 0 heterocycles. The van der Waals surface area contributed by atoms with Crippen LogP contribution in [-0.4, -0.2) is 10.7 Å². The molecule has 0 aromatic heterocycles. The first-order valence-electron chi connectivity index (χ1n) is 5.60. The van der Waals surface area contributed by atoms with Crippen molar-refractivity contribution in [2.24, 2.45) is 16.7 Å². The molecule has 0 radical (unpaired) electrons. The first kappa shape index (κ1) is 9.51. The van der Waals surface area contributed by atoms with Crippen LogP contribution in [0, 0.1) is 16.7 Å². The molecule has 0 saturated heterocycles. The lowest BCUT2D eigenvalue weighted by molar-refractivity contribution is -0.144. The van der Waals surface area contributed by atoms with Gasteiger partial charge in [0.2, 0.25) is 0 Å². The van der Waals surface area contributed by atoms with Gasteiger partial charge in [0.1, 0.15) is 0 Å². The van der Waals surface area contributed by atoms with E-state index in [9.17, 15) is 5.11 Å². The van der Waals surface area contributed by atoms with Crippen LogP contribution in [0.3, 0.4) is 0 Å². The van der Waals surface area contributed by atoms with Crippen molar-refractivity contribution < 1.29 is 5.11 Å². The summed E-state index contributed by atoms with van der Waals surface area (Å²) in [6, 6.07) is 0. The highest BCUT2D eigenvalue weighted by molar-refractivity contribution is 5.17. The number of aliphatic hydroxyl groups is 1. The van der Waals surface area contributed by atoms with Crippen molar-refractivity contribution >= 4 is 0 Å². The third-order valence-electron chi connectivity index (χ3n) is 5.34. The van der Waals surface area contributed by atoms with E-state index in [0.717, 1.165) is 12.3 Å². The minimum absolute atomic E-state index is 0.134. The molecule has 1 N–H and O–H groups in total. The van der Waals surface area contributed by atoms with Crippen molar-refractivity contribution in [3.63, 3.8) is 0 Å². The molecular formula is C12H22O. The third kappa shape index (κ3) is 0.823. The lowest BCUT2D eigenvalue weighted by atomic mass is 9.59. The van der Waals surface area contributed by atoms with Crippen molar-refractivity contribution in [3.05, 3.63) is 0 Å². The van der Waals surface area contributed by atoms with Crippen molar-refractivity contribution in [3.8, 4) is 0 Å². The maximum Gasteiger partial charge on any atom is 0.0751 e. The molecule has 2 aliphatic rings. The minimum atomic E-state index is -0.414. The fraction of sp³-hybridized carbons (Fsp3) is 1.00. The van der Waals surface area contributed by atoms with Crippen molar-refractivity contribution in [1.82, 2.24) is 0 Å². The van der Waals surface area contributed by atoms with Crippen LogP contribution in [0.1, 0.15) is 53.4 Å². The first-order chi connectivity index (χ1) is 5.87. The van der Waals surface area contributed by atoms with E-state index in [0.29, 0.717) is 0 Å². The summed E-state index contributed by atoms with van der Waals surface area (Å²) < 4.78 is 0. The summed E-state index contributed by atoms with van der Waals surface area (Å²) >= 11 is 0. The van der Waals surface area contributed by atoms with Crippen LogP contribution in [0.5, 0.6) is 0 Å². The van der Waals surface area contributed by atoms with E-state index in [4.69, 9.17) is 0 Å². The molecule has 3 atom stereocenters. The Labute approximate surface area is 81.5 Å². The predicted octanol–water partition coefficient (Wildman–Crippen LogP) is 2.97. The fourth-order valence-electron chi connectivity index (χ4n) is 4.23. The lowest BCUT2D eigenvalue weighted by Gasteiger charge is -2.50. The Kier molecular flexibility index (Phi) is 1.69. The molecule has 1 nitrogen and oxygen atoms in total. The summed E-state index contributed by atoms with van der Waals surface area (Å²) in [7, 11) is 0. The van der Waals surface area contributed by atoms with Gasteiger partial charge in [-0.1, -0.05) is 27.7 Å². The molecule has 2 fully saturated rings. The maximum absolute atomic E-state index is 10.8. The van der Waals surface area contributed by atoms with Crippen molar-refractivity contribution in [2.75, 3.05) is 0 Å². The molecule has 0 aromatic carbocycles. The van der Waals surface area contributed by atoms with Gasteiger partial charge in [0, 0.05) is 0 Å². The third-order valence-corrected chi connectivity index (χ3v) is 5.34. The van der Waals surface area contributed by atoms with E-state index < -0.39 is 5.60 Å². The van der Waals surface area contributed by atoms with Crippen LogP contribution in [0.25, 0.3) is 0 Å². The zero-order valence-electron chi connectivity index (χ0n) is 9.35. The minimum Gasteiger partial charge on any atom is -0.389 e. The average molecular weight is 182 g/mol. The molecule has 0 unspecified atom stereocenters. The van der Waals surface area contributed by atoms with E-state index in [1.54, 1.807) is 0 Å². The summed E-state index contributed by atoms with van der Waals surface area (Å²) in [5.74, 6) is 0.752. The summed E-state index contributed by atoms with van der Waals surface area (Å²) in [6.45, 7) is 8.93. The topological polar surface area (TPSA) is 20.2 Å². The molecular weight excluding hydrogens is 160 g/mol. The van der Waals surface area contributed by atoms with Gasteiger partial charge in [0.15, 0.2) is 0 Å². The van der Waals surface area contributed by atoms with Crippen molar-refractivity contribution in [1.29, 1.82) is 0 Å². The molecule has 2 aliphatic carbocycles. The van der Waals surface area contributed by atoms with E-state index in [2.05, 4.69) is 27.7 Å². The molecule has 0 amide bonds. The Morgan fingerprint density at radius 2 is 1.92 bits per heavy atom. The highest BCUT2D eigenvalue weighted by Gasteiger charge is 2.67. The highest BCUT2D eigenvalue weighted by Crippen LogP contribution is 2.68. The molecule has 0 aromatic rings. The van der Waals surface area contributed by atoms with Gasteiger partial charge in [-0.2, -0.15) is 0 Å². The zero-order valence-corrected chi connectivity index (χ0v) is 9.35. The molecule has 76 valence electrons. The largest absolute Gasteiger partial charge is 0.389 e. The van der Waals surface area contributed by atoms with E-state index in [-0.39, 0.29) is 10.8 Å². The van der Waals surface area contributed by atoms with Crippen LogP contribution in [0.2, 0.25) is 0 Å². The highest BCUT2D eigenvalue weighted by atomic mass is 16.3. The predicted molar refractivity (Wildman–Crippen MR) is 54.5 cm³/mol. The second-order valence-corrected chi connectivity index (χ2v) is 5.94. The van der Waals surface area contributed by atoms with Crippen LogP contribution >= 0.6 is 0 Å². The number of rotatable bonds is 1. The van der Waals surface area contributed by atoms with E-state index >= 15 is 0 Å². The van der Waals surface area contributed by atoms with Gasteiger partial charge in [0.25, 0.3) is 0 Å². The Bertz CT molecular complexity index is 227. The standard InChI is InChI=1S/C12H22O/c1-5-12(13)10(2,3)9-6-7-11(12,4)8-9/h9,13H,5-8H2,1-4H3/t9-,11+,12-/m1/s1. The Hall–Kier alpha value is -0.0400. The normalized spacial score (nSPS) is 52.8. The molecule has 13 heavy (non-hydrogen) atoms. The number of hydrogen-bond donors (Lipinski definition) is 1. The van der Waals surface area contributed by atoms with E-state index in [1.165, 1.54) is 19.3 Å². The summed E-state index contributed by atoms with van der Waals surface area (Å²) in [6.07, 6.45) is 4.70. The number of hydrogen-bond acceptors (Lipinski definition) is 1. The average Bonchev–Trinajstić information content (AvgIpc) is 2.51. The first-order valence-corrected chi connectivity index (χ1v) is 5.60. The smallest absolute Gasteiger partial charge is 0.0751 e. The van der Waals surface area contributed by atoms with Gasteiger partial charge in [-0.15, -0.1) is 0 Å². The lowest BCUT2D eigenvalue weighted by Crippen LogP contribution is -2.53. The van der Waals surface area contributed by atoms with E-state index in [1.807, 2.05) is 0 Å². The quantitative estimate of drug-likeness (QED) is 0.661. The van der Waals surface area contributed by atoms with Crippen LogP contribution in [0.15, 0.2) is 0 Å². The molecule has 0 spiro atoms.